The van der Waals surface area contributed by atoms with Gasteiger partial charge in [0.25, 0.3) is 0 Å². The molecule has 0 bridgehead atoms. The highest BCUT2D eigenvalue weighted by Crippen LogP contribution is 2.27. The molecule has 3 aromatic rings. The van der Waals surface area contributed by atoms with Gasteiger partial charge in [-0.1, -0.05) is 22.8 Å². The maximum atomic E-state index is 13.6. The minimum Gasteiger partial charge on any atom is -0.404 e. The van der Waals surface area contributed by atoms with E-state index in [2.05, 4.69) is 26.1 Å². The fraction of sp³-hybridized carbons (Fsp3) is 0.0588. The van der Waals surface area contributed by atoms with Crippen molar-refractivity contribution < 1.29 is 13.2 Å². The number of hydrogen-bond donors (Lipinski definition) is 0. The van der Waals surface area contributed by atoms with Crippen LogP contribution in [-0.2, 0) is 0 Å². The minimum absolute atomic E-state index is 0.201. The first-order valence-corrected chi connectivity index (χ1v) is 8.26. The average Bonchev–Trinajstić information content (AvgIpc) is 3.05. The van der Waals surface area contributed by atoms with Gasteiger partial charge in [0, 0.05) is 18.8 Å². The van der Waals surface area contributed by atoms with Gasteiger partial charge in [0.2, 0.25) is 5.89 Å². The van der Waals surface area contributed by atoms with E-state index >= 15 is 0 Å². The summed E-state index contributed by atoms with van der Waals surface area (Å²) in [5, 5.41) is 8.10. The van der Waals surface area contributed by atoms with E-state index in [-0.39, 0.29) is 16.9 Å². The third-order valence-electron chi connectivity index (χ3n) is 3.38. The van der Waals surface area contributed by atoms with Crippen LogP contribution in [0.5, 0.6) is 0 Å². The van der Waals surface area contributed by atoms with E-state index in [1.54, 1.807) is 42.3 Å². The van der Waals surface area contributed by atoms with Crippen molar-refractivity contribution in [2.45, 2.75) is 0 Å². The third kappa shape index (κ3) is 4.05. The van der Waals surface area contributed by atoms with Crippen molar-refractivity contribution in [2.24, 2.45) is 0 Å². The van der Waals surface area contributed by atoms with Gasteiger partial charge >= 0.3 is 6.01 Å². The molecule has 25 heavy (non-hydrogen) atoms. The molecule has 0 unspecified atom stereocenters. The van der Waals surface area contributed by atoms with Gasteiger partial charge in [-0.05, 0) is 57.9 Å². The summed E-state index contributed by atoms with van der Waals surface area (Å²) >= 11 is 9.06. The van der Waals surface area contributed by atoms with Crippen LogP contribution in [0, 0.1) is 11.6 Å². The van der Waals surface area contributed by atoms with Crippen LogP contribution < -0.4 is 4.90 Å². The normalized spacial score (nSPS) is 11.2. The van der Waals surface area contributed by atoms with Crippen molar-refractivity contribution in [3.8, 4) is 0 Å². The van der Waals surface area contributed by atoms with Crippen LogP contribution in [0.25, 0.3) is 12.2 Å². The number of rotatable bonds is 4. The number of anilines is 2. The van der Waals surface area contributed by atoms with E-state index in [9.17, 15) is 8.78 Å². The molecule has 0 amide bonds. The molecule has 0 aliphatic heterocycles. The minimum atomic E-state index is -0.411. The Balaban J connectivity index is 1.79. The van der Waals surface area contributed by atoms with E-state index in [0.29, 0.717) is 15.7 Å². The summed E-state index contributed by atoms with van der Waals surface area (Å²) in [5.74, 6) is -0.569. The smallest absolute Gasteiger partial charge is 0.322 e. The molecule has 1 heterocycles. The Bertz CT molecular complexity index is 945. The van der Waals surface area contributed by atoms with Gasteiger partial charge in [0.05, 0.1) is 9.50 Å². The highest BCUT2D eigenvalue weighted by molar-refractivity contribution is 9.10. The number of nitrogens with zero attached hydrogens (tertiary/aromatic N) is 3. The number of benzene rings is 2. The molecule has 0 aliphatic carbocycles. The second kappa shape index (κ2) is 7.33. The molecule has 0 saturated carbocycles. The predicted octanol–water partition coefficient (Wildman–Crippen LogP) is 5.70. The fourth-order valence-electron chi connectivity index (χ4n) is 2.03. The lowest BCUT2D eigenvalue weighted by Gasteiger charge is -2.14. The van der Waals surface area contributed by atoms with Crippen molar-refractivity contribution in [3.63, 3.8) is 0 Å². The summed E-state index contributed by atoms with van der Waals surface area (Å²) in [6, 6.07) is 8.92. The largest absolute Gasteiger partial charge is 0.404 e. The Morgan fingerprint density at radius 1 is 1.12 bits per heavy atom. The van der Waals surface area contributed by atoms with Crippen molar-refractivity contribution in [2.75, 3.05) is 11.9 Å². The summed E-state index contributed by atoms with van der Waals surface area (Å²) in [7, 11) is 1.68. The highest BCUT2D eigenvalue weighted by atomic mass is 79.9. The SMILES string of the molecule is CN(c1ccc(Br)c(F)c1)c1nnc(/C=C/c2ccc(F)cc2Cl)o1. The highest BCUT2D eigenvalue weighted by Gasteiger charge is 2.13. The predicted molar refractivity (Wildman–Crippen MR) is 96.8 cm³/mol. The van der Waals surface area contributed by atoms with E-state index in [0.717, 1.165) is 0 Å². The van der Waals surface area contributed by atoms with Crippen LogP contribution >= 0.6 is 27.5 Å². The standard InChI is InChI=1S/C17H11BrClF2N3O/c1-24(12-5-6-13(18)15(21)9-12)17-23-22-16(25-17)7-3-10-2-4-11(20)8-14(10)19/h2-9H,1H3/b7-3+. The molecular weight excluding hydrogens is 416 g/mol. The molecule has 4 nitrogen and oxygen atoms in total. The lowest BCUT2D eigenvalue weighted by molar-refractivity contribution is 0.546. The molecule has 3 rings (SSSR count). The van der Waals surface area contributed by atoms with Gasteiger partial charge in [-0.2, -0.15) is 0 Å². The maximum absolute atomic E-state index is 13.6. The third-order valence-corrected chi connectivity index (χ3v) is 4.35. The van der Waals surface area contributed by atoms with Gasteiger partial charge in [-0.3, -0.25) is 4.90 Å². The molecule has 0 fully saturated rings. The van der Waals surface area contributed by atoms with Gasteiger partial charge in [-0.25, -0.2) is 8.78 Å². The Hall–Kier alpha value is -2.25. The van der Waals surface area contributed by atoms with Crippen LogP contribution in [0.1, 0.15) is 11.5 Å². The molecule has 0 saturated heterocycles. The lowest BCUT2D eigenvalue weighted by atomic mass is 10.2. The van der Waals surface area contributed by atoms with Gasteiger partial charge in [-0.15, -0.1) is 5.10 Å². The number of aromatic nitrogens is 2. The first kappa shape index (κ1) is 17.6. The zero-order valence-corrected chi connectivity index (χ0v) is 15.2. The topological polar surface area (TPSA) is 42.2 Å². The molecule has 128 valence electrons. The molecule has 0 N–H and O–H groups in total. The van der Waals surface area contributed by atoms with Crippen molar-refractivity contribution in [1.29, 1.82) is 0 Å². The first-order valence-electron chi connectivity index (χ1n) is 7.09. The molecule has 0 aliphatic rings. The Kier molecular flexibility index (Phi) is 5.15. The molecular formula is C17H11BrClF2N3O. The van der Waals surface area contributed by atoms with Crippen molar-refractivity contribution in [3.05, 3.63) is 69.0 Å². The molecule has 8 heteroatoms. The summed E-state index contributed by atoms with van der Waals surface area (Å²) in [6.07, 6.45) is 3.20. The first-order chi connectivity index (χ1) is 11.9. The molecule has 0 spiro atoms. The Labute approximate surface area is 155 Å². The fourth-order valence-corrected chi connectivity index (χ4v) is 2.51. The lowest BCUT2D eigenvalue weighted by Crippen LogP contribution is -2.10. The Morgan fingerprint density at radius 3 is 2.64 bits per heavy atom. The number of hydrogen-bond acceptors (Lipinski definition) is 4. The average molecular weight is 427 g/mol. The summed E-state index contributed by atoms with van der Waals surface area (Å²) in [4.78, 5) is 1.56. The summed E-state index contributed by atoms with van der Waals surface area (Å²) in [6.45, 7) is 0. The summed E-state index contributed by atoms with van der Waals surface area (Å²) < 4.78 is 32.6. The van der Waals surface area contributed by atoms with Crippen LogP contribution in [0.15, 0.2) is 45.3 Å². The number of halogens is 4. The van der Waals surface area contributed by atoms with Crippen LogP contribution in [0.4, 0.5) is 20.5 Å². The molecule has 1 aromatic heterocycles. The maximum Gasteiger partial charge on any atom is 0.322 e. The van der Waals surface area contributed by atoms with Crippen LogP contribution in [0.2, 0.25) is 5.02 Å². The van der Waals surface area contributed by atoms with E-state index in [1.807, 2.05) is 0 Å². The van der Waals surface area contributed by atoms with Crippen molar-refractivity contribution in [1.82, 2.24) is 10.2 Å². The molecule has 2 aromatic carbocycles. The zero-order valence-electron chi connectivity index (χ0n) is 12.9. The molecule has 0 radical (unpaired) electrons. The zero-order chi connectivity index (χ0) is 18.0. The monoisotopic (exact) mass is 425 g/mol. The second-order valence-electron chi connectivity index (χ2n) is 5.08. The molecule has 0 atom stereocenters. The van der Waals surface area contributed by atoms with Gasteiger partial charge in [0.15, 0.2) is 0 Å². The van der Waals surface area contributed by atoms with Crippen LogP contribution in [-0.4, -0.2) is 17.2 Å². The van der Waals surface area contributed by atoms with Crippen LogP contribution in [0.3, 0.4) is 0 Å². The van der Waals surface area contributed by atoms with E-state index < -0.39 is 11.6 Å². The van der Waals surface area contributed by atoms with E-state index in [4.69, 9.17) is 16.0 Å². The summed E-state index contributed by atoms with van der Waals surface area (Å²) in [5.41, 5.74) is 1.17. The second-order valence-corrected chi connectivity index (χ2v) is 6.34. The van der Waals surface area contributed by atoms with Gasteiger partial charge < -0.3 is 4.42 Å². The van der Waals surface area contributed by atoms with Gasteiger partial charge in [0.1, 0.15) is 11.6 Å². The Morgan fingerprint density at radius 2 is 1.92 bits per heavy atom. The van der Waals surface area contributed by atoms with E-state index in [1.165, 1.54) is 18.2 Å². The van der Waals surface area contributed by atoms with Crippen molar-refractivity contribution >= 4 is 51.4 Å². The quantitative estimate of drug-likeness (QED) is 0.536.